The van der Waals surface area contributed by atoms with Crippen LogP contribution in [0.25, 0.3) is 0 Å². The van der Waals surface area contributed by atoms with Gasteiger partial charge in [-0.05, 0) is 55.3 Å². The Labute approximate surface area is 137 Å². The SMILES string of the molecule is OC1C(C2c3ccccc3C3CN=CN32)CCC12CCNCC2. The predicted molar refractivity (Wildman–Crippen MR) is 90.4 cm³/mol. The van der Waals surface area contributed by atoms with E-state index >= 15 is 0 Å². The average Bonchev–Trinajstić information content (AvgIpc) is 3.25. The first-order valence-corrected chi connectivity index (χ1v) is 9.05. The summed E-state index contributed by atoms with van der Waals surface area (Å²) in [4.78, 5) is 6.96. The molecule has 4 atom stereocenters. The molecule has 23 heavy (non-hydrogen) atoms. The monoisotopic (exact) mass is 311 g/mol. The third kappa shape index (κ3) is 1.88. The van der Waals surface area contributed by atoms with Crippen molar-refractivity contribution in [1.82, 2.24) is 10.2 Å². The molecule has 122 valence electrons. The molecule has 4 heteroatoms. The molecule has 1 saturated heterocycles. The molecule has 1 saturated carbocycles. The van der Waals surface area contributed by atoms with Gasteiger partial charge in [-0.2, -0.15) is 0 Å². The van der Waals surface area contributed by atoms with Gasteiger partial charge >= 0.3 is 0 Å². The number of rotatable bonds is 1. The van der Waals surface area contributed by atoms with E-state index in [0.29, 0.717) is 18.0 Å². The number of hydrogen-bond acceptors (Lipinski definition) is 4. The maximum absolute atomic E-state index is 11.3. The number of nitrogens with one attached hydrogen (secondary N) is 1. The molecule has 3 aliphatic heterocycles. The minimum absolute atomic E-state index is 0.153. The molecule has 1 aromatic carbocycles. The van der Waals surface area contributed by atoms with Gasteiger partial charge in [0.2, 0.25) is 0 Å². The normalized spacial score (nSPS) is 37.3. The van der Waals surface area contributed by atoms with Gasteiger partial charge in [-0.15, -0.1) is 0 Å². The molecule has 0 bridgehead atoms. The van der Waals surface area contributed by atoms with E-state index in [1.54, 1.807) is 0 Å². The van der Waals surface area contributed by atoms with Crippen LogP contribution in [0.3, 0.4) is 0 Å². The topological polar surface area (TPSA) is 47.9 Å². The summed E-state index contributed by atoms with van der Waals surface area (Å²) in [5.74, 6) is 0.337. The second-order valence-electron chi connectivity index (χ2n) is 7.78. The summed E-state index contributed by atoms with van der Waals surface area (Å²) in [6.45, 7) is 2.98. The molecule has 4 nitrogen and oxygen atoms in total. The van der Waals surface area contributed by atoms with E-state index in [4.69, 9.17) is 0 Å². The molecular formula is C19H25N3O. The van der Waals surface area contributed by atoms with Crippen LogP contribution in [0.5, 0.6) is 0 Å². The number of fused-ring (bicyclic) bond motifs is 3. The van der Waals surface area contributed by atoms with Crippen LogP contribution >= 0.6 is 0 Å². The Hall–Kier alpha value is -1.39. The number of nitrogens with zero attached hydrogens (tertiary/aromatic N) is 2. The number of aliphatic hydroxyl groups excluding tert-OH is 1. The smallest absolute Gasteiger partial charge is 0.0861 e. The summed E-state index contributed by atoms with van der Waals surface area (Å²) in [6.07, 6.45) is 6.41. The van der Waals surface area contributed by atoms with Crippen molar-refractivity contribution in [3.8, 4) is 0 Å². The fourth-order valence-electron chi connectivity index (χ4n) is 5.65. The summed E-state index contributed by atoms with van der Waals surface area (Å²) in [5, 5.41) is 14.7. The Kier molecular flexibility index (Phi) is 3.07. The molecule has 0 radical (unpaired) electrons. The minimum Gasteiger partial charge on any atom is -0.392 e. The molecule has 4 unspecified atom stereocenters. The van der Waals surface area contributed by atoms with Crippen molar-refractivity contribution < 1.29 is 5.11 Å². The Balaban J connectivity index is 1.51. The van der Waals surface area contributed by atoms with Gasteiger partial charge < -0.3 is 15.3 Å². The maximum Gasteiger partial charge on any atom is 0.0861 e. The lowest BCUT2D eigenvalue weighted by Gasteiger charge is -2.40. The van der Waals surface area contributed by atoms with E-state index in [2.05, 4.69) is 39.5 Å². The van der Waals surface area contributed by atoms with E-state index in [9.17, 15) is 5.11 Å². The molecule has 0 amide bonds. The van der Waals surface area contributed by atoms with E-state index in [0.717, 1.165) is 38.9 Å². The van der Waals surface area contributed by atoms with Crippen LogP contribution in [0.15, 0.2) is 29.3 Å². The Morgan fingerprint density at radius 1 is 1.13 bits per heavy atom. The molecule has 2 N–H and O–H groups in total. The average molecular weight is 311 g/mol. The zero-order valence-electron chi connectivity index (χ0n) is 13.5. The van der Waals surface area contributed by atoms with E-state index in [-0.39, 0.29) is 11.5 Å². The van der Waals surface area contributed by atoms with Gasteiger partial charge in [0.1, 0.15) is 0 Å². The third-order valence-electron chi connectivity index (χ3n) is 6.86. The van der Waals surface area contributed by atoms with Crippen LogP contribution < -0.4 is 5.32 Å². The van der Waals surface area contributed by atoms with Crippen molar-refractivity contribution in [2.45, 2.75) is 43.9 Å². The van der Waals surface area contributed by atoms with Gasteiger partial charge in [0, 0.05) is 5.92 Å². The van der Waals surface area contributed by atoms with E-state index in [1.165, 1.54) is 17.5 Å². The van der Waals surface area contributed by atoms with Crippen molar-refractivity contribution in [2.24, 2.45) is 16.3 Å². The molecule has 3 heterocycles. The number of aliphatic imine (C=N–C) groups is 1. The summed E-state index contributed by atoms with van der Waals surface area (Å²) < 4.78 is 0. The fourth-order valence-corrected chi connectivity index (χ4v) is 5.65. The van der Waals surface area contributed by atoms with E-state index < -0.39 is 0 Å². The third-order valence-corrected chi connectivity index (χ3v) is 6.86. The van der Waals surface area contributed by atoms with E-state index in [1.807, 2.05) is 6.34 Å². The molecule has 5 rings (SSSR count). The predicted octanol–water partition coefficient (Wildman–Crippen LogP) is 2.27. The number of hydrogen-bond donors (Lipinski definition) is 2. The lowest BCUT2D eigenvalue weighted by Crippen LogP contribution is -2.44. The summed E-state index contributed by atoms with van der Waals surface area (Å²) in [5.41, 5.74) is 3.01. The second-order valence-corrected chi connectivity index (χ2v) is 7.78. The van der Waals surface area contributed by atoms with Crippen molar-refractivity contribution in [1.29, 1.82) is 0 Å². The van der Waals surface area contributed by atoms with Crippen LogP contribution in [0.4, 0.5) is 0 Å². The lowest BCUT2D eigenvalue weighted by molar-refractivity contribution is -0.0137. The van der Waals surface area contributed by atoms with Gasteiger partial charge in [-0.25, -0.2) is 0 Å². The van der Waals surface area contributed by atoms with Gasteiger partial charge in [0.15, 0.2) is 0 Å². The highest BCUT2D eigenvalue weighted by molar-refractivity contribution is 5.63. The maximum atomic E-state index is 11.3. The summed E-state index contributed by atoms with van der Waals surface area (Å²) in [7, 11) is 0. The summed E-state index contributed by atoms with van der Waals surface area (Å²) >= 11 is 0. The Morgan fingerprint density at radius 3 is 2.74 bits per heavy atom. The second kappa shape index (κ2) is 5.05. The molecule has 1 aliphatic carbocycles. The number of piperidine rings is 1. The first-order valence-electron chi connectivity index (χ1n) is 9.05. The highest BCUT2D eigenvalue weighted by Crippen LogP contribution is 2.56. The molecule has 1 aromatic rings. The van der Waals surface area contributed by atoms with Crippen molar-refractivity contribution in [2.75, 3.05) is 19.6 Å². The highest BCUT2D eigenvalue weighted by atomic mass is 16.3. The Morgan fingerprint density at radius 2 is 1.91 bits per heavy atom. The van der Waals surface area contributed by atoms with Gasteiger partial charge in [0.05, 0.1) is 31.1 Å². The van der Waals surface area contributed by atoms with Gasteiger partial charge in [-0.3, -0.25) is 4.99 Å². The van der Waals surface area contributed by atoms with Crippen molar-refractivity contribution in [3.05, 3.63) is 35.4 Å². The molecule has 0 aromatic heterocycles. The number of aliphatic hydroxyl groups is 1. The van der Waals surface area contributed by atoms with Crippen molar-refractivity contribution in [3.63, 3.8) is 0 Å². The van der Waals surface area contributed by atoms with Crippen LogP contribution in [0.2, 0.25) is 0 Å². The standard InChI is InChI=1S/C19H25N3O/c23-18-15(5-6-19(18)7-9-20-10-8-19)17-14-4-2-1-3-13(14)16-11-21-12-22(16)17/h1-4,12,15-18,20,23H,5-11H2. The first kappa shape index (κ1) is 14.0. The highest BCUT2D eigenvalue weighted by Gasteiger charge is 2.54. The van der Waals surface area contributed by atoms with Gasteiger partial charge in [-0.1, -0.05) is 24.3 Å². The minimum atomic E-state index is -0.185. The first-order chi connectivity index (χ1) is 11.3. The molecule has 1 spiro atoms. The molecule has 2 fully saturated rings. The van der Waals surface area contributed by atoms with Crippen LogP contribution in [-0.2, 0) is 0 Å². The summed E-state index contributed by atoms with van der Waals surface area (Å²) in [6, 6.07) is 9.51. The zero-order valence-corrected chi connectivity index (χ0v) is 13.5. The van der Waals surface area contributed by atoms with Crippen LogP contribution in [-0.4, -0.2) is 42.1 Å². The fraction of sp³-hybridized carbons (Fsp3) is 0.632. The largest absolute Gasteiger partial charge is 0.392 e. The molecular weight excluding hydrogens is 286 g/mol. The lowest BCUT2D eigenvalue weighted by atomic mass is 9.73. The van der Waals surface area contributed by atoms with Crippen LogP contribution in [0.1, 0.15) is 48.9 Å². The quantitative estimate of drug-likeness (QED) is 0.836. The zero-order chi connectivity index (χ0) is 15.4. The van der Waals surface area contributed by atoms with Crippen molar-refractivity contribution >= 4 is 6.34 Å². The molecule has 4 aliphatic rings. The van der Waals surface area contributed by atoms with Crippen LogP contribution in [0, 0.1) is 11.3 Å². The van der Waals surface area contributed by atoms with Gasteiger partial charge in [0.25, 0.3) is 0 Å². The number of benzene rings is 1. The Bertz CT molecular complexity index is 637.